The molecule has 0 spiro atoms. The monoisotopic (exact) mass is 245 g/mol. The molecule has 1 saturated carbocycles. The van der Waals surface area contributed by atoms with E-state index in [0.29, 0.717) is 11.5 Å². The van der Waals surface area contributed by atoms with E-state index in [1.807, 2.05) is 7.11 Å². The standard InChI is InChI=1S/C16H23NO/c1-18-12-16(7-4-8-16)11-17-15-9-13-5-2-3-6-14(13)10-15/h2-3,5-6,15,17H,4,7-12H2,1H3. The van der Waals surface area contributed by atoms with Crippen LogP contribution in [0.3, 0.4) is 0 Å². The minimum Gasteiger partial charge on any atom is -0.384 e. The van der Waals surface area contributed by atoms with Gasteiger partial charge in [0.1, 0.15) is 0 Å². The van der Waals surface area contributed by atoms with Crippen molar-refractivity contribution >= 4 is 0 Å². The van der Waals surface area contributed by atoms with Gasteiger partial charge in [0.25, 0.3) is 0 Å². The first-order valence-corrected chi connectivity index (χ1v) is 7.10. The van der Waals surface area contributed by atoms with Crippen LogP contribution in [0, 0.1) is 5.41 Å². The van der Waals surface area contributed by atoms with Gasteiger partial charge >= 0.3 is 0 Å². The van der Waals surface area contributed by atoms with Gasteiger partial charge in [0.15, 0.2) is 0 Å². The molecule has 98 valence electrons. The minimum absolute atomic E-state index is 0.434. The van der Waals surface area contributed by atoms with Gasteiger partial charge in [-0.25, -0.2) is 0 Å². The summed E-state index contributed by atoms with van der Waals surface area (Å²) in [5.41, 5.74) is 3.50. The predicted molar refractivity (Wildman–Crippen MR) is 73.8 cm³/mol. The molecule has 1 fully saturated rings. The van der Waals surface area contributed by atoms with Crippen molar-refractivity contribution in [2.75, 3.05) is 20.3 Å². The maximum absolute atomic E-state index is 5.39. The summed E-state index contributed by atoms with van der Waals surface area (Å²) in [6.45, 7) is 2.04. The molecule has 2 aliphatic carbocycles. The van der Waals surface area contributed by atoms with E-state index in [1.54, 1.807) is 0 Å². The van der Waals surface area contributed by atoms with Gasteiger partial charge in [-0.3, -0.25) is 0 Å². The molecular formula is C16H23NO. The Labute approximate surface area is 110 Å². The first kappa shape index (κ1) is 12.2. The first-order valence-electron chi connectivity index (χ1n) is 7.10. The Bertz CT molecular complexity index is 386. The number of hydrogen-bond acceptors (Lipinski definition) is 2. The van der Waals surface area contributed by atoms with Crippen LogP contribution in [0.5, 0.6) is 0 Å². The molecule has 0 aromatic heterocycles. The van der Waals surface area contributed by atoms with Crippen molar-refractivity contribution in [3.05, 3.63) is 35.4 Å². The Kier molecular flexibility index (Phi) is 3.40. The van der Waals surface area contributed by atoms with E-state index >= 15 is 0 Å². The summed E-state index contributed by atoms with van der Waals surface area (Å²) >= 11 is 0. The Hall–Kier alpha value is -0.860. The Morgan fingerprint density at radius 3 is 2.39 bits per heavy atom. The van der Waals surface area contributed by atoms with Crippen LogP contribution < -0.4 is 5.32 Å². The lowest BCUT2D eigenvalue weighted by atomic mass is 9.69. The van der Waals surface area contributed by atoms with Crippen LogP contribution in [0.4, 0.5) is 0 Å². The van der Waals surface area contributed by atoms with Gasteiger partial charge < -0.3 is 10.1 Å². The van der Waals surface area contributed by atoms with Gasteiger partial charge in [-0.2, -0.15) is 0 Å². The lowest BCUT2D eigenvalue weighted by Crippen LogP contribution is -2.46. The van der Waals surface area contributed by atoms with E-state index in [9.17, 15) is 0 Å². The van der Waals surface area contributed by atoms with Gasteiger partial charge in [0.2, 0.25) is 0 Å². The Balaban J connectivity index is 1.54. The average molecular weight is 245 g/mol. The van der Waals surface area contributed by atoms with Crippen LogP contribution in [-0.4, -0.2) is 26.3 Å². The molecular weight excluding hydrogens is 222 g/mol. The van der Waals surface area contributed by atoms with Gasteiger partial charge in [-0.15, -0.1) is 0 Å². The second-order valence-corrected chi connectivity index (χ2v) is 6.04. The molecule has 18 heavy (non-hydrogen) atoms. The zero-order chi connectivity index (χ0) is 12.4. The second kappa shape index (κ2) is 5.02. The fourth-order valence-electron chi connectivity index (χ4n) is 3.42. The smallest absolute Gasteiger partial charge is 0.0530 e. The van der Waals surface area contributed by atoms with E-state index < -0.39 is 0 Å². The molecule has 0 atom stereocenters. The summed E-state index contributed by atoms with van der Waals surface area (Å²) in [6, 6.07) is 9.48. The predicted octanol–water partition coefficient (Wildman–Crippen LogP) is 2.56. The van der Waals surface area contributed by atoms with Crippen LogP contribution in [0.25, 0.3) is 0 Å². The normalized spacial score (nSPS) is 21.6. The fourth-order valence-corrected chi connectivity index (χ4v) is 3.42. The molecule has 0 amide bonds. The van der Waals surface area contributed by atoms with Crippen molar-refractivity contribution in [3.8, 4) is 0 Å². The van der Waals surface area contributed by atoms with Crippen LogP contribution in [0.2, 0.25) is 0 Å². The highest BCUT2D eigenvalue weighted by Gasteiger charge is 2.37. The first-order chi connectivity index (χ1) is 8.81. The average Bonchev–Trinajstić information content (AvgIpc) is 2.75. The fraction of sp³-hybridized carbons (Fsp3) is 0.625. The topological polar surface area (TPSA) is 21.3 Å². The SMILES string of the molecule is COCC1(CNC2Cc3ccccc3C2)CCC1. The van der Waals surface area contributed by atoms with Crippen molar-refractivity contribution < 1.29 is 4.74 Å². The molecule has 0 radical (unpaired) electrons. The van der Waals surface area contributed by atoms with Crippen LogP contribution >= 0.6 is 0 Å². The molecule has 1 aromatic carbocycles. The summed E-state index contributed by atoms with van der Waals surface area (Å²) in [6.07, 6.45) is 6.41. The molecule has 0 aliphatic heterocycles. The number of nitrogens with one attached hydrogen (secondary N) is 1. The van der Waals surface area contributed by atoms with Crippen molar-refractivity contribution in [2.24, 2.45) is 5.41 Å². The van der Waals surface area contributed by atoms with E-state index in [4.69, 9.17) is 4.74 Å². The Morgan fingerprint density at radius 1 is 1.22 bits per heavy atom. The summed E-state index contributed by atoms with van der Waals surface area (Å²) in [4.78, 5) is 0. The lowest BCUT2D eigenvalue weighted by Gasteiger charge is -2.42. The summed E-state index contributed by atoms with van der Waals surface area (Å²) in [5, 5.41) is 3.78. The lowest BCUT2D eigenvalue weighted by molar-refractivity contribution is 0.0161. The van der Waals surface area contributed by atoms with Crippen LogP contribution in [-0.2, 0) is 17.6 Å². The van der Waals surface area contributed by atoms with Gasteiger partial charge in [0, 0.05) is 25.1 Å². The zero-order valence-electron chi connectivity index (χ0n) is 11.2. The van der Waals surface area contributed by atoms with Crippen LogP contribution in [0.15, 0.2) is 24.3 Å². The molecule has 0 saturated heterocycles. The summed E-state index contributed by atoms with van der Waals surface area (Å²) < 4.78 is 5.39. The third kappa shape index (κ3) is 2.32. The second-order valence-electron chi connectivity index (χ2n) is 6.04. The highest BCUT2D eigenvalue weighted by atomic mass is 16.5. The largest absolute Gasteiger partial charge is 0.384 e. The number of ether oxygens (including phenoxy) is 1. The molecule has 3 rings (SSSR count). The highest BCUT2D eigenvalue weighted by Crippen LogP contribution is 2.40. The van der Waals surface area contributed by atoms with Crippen molar-refractivity contribution in [1.29, 1.82) is 0 Å². The molecule has 1 aromatic rings. The molecule has 2 aliphatic rings. The van der Waals surface area contributed by atoms with Crippen molar-refractivity contribution in [2.45, 2.75) is 38.1 Å². The van der Waals surface area contributed by atoms with Gasteiger partial charge in [-0.05, 0) is 36.8 Å². The minimum atomic E-state index is 0.434. The van der Waals surface area contributed by atoms with Crippen LogP contribution in [0.1, 0.15) is 30.4 Å². The van der Waals surface area contributed by atoms with E-state index in [0.717, 1.165) is 13.2 Å². The van der Waals surface area contributed by atoms with Gasteiger partial charge in [-0.1, -0.05) is 30.7 Å². The van der Waals surface area contributed by atoms with Crippen molar-refractivity contribution in [1.82, 2.24) is 5.32 Å². The van der Waals surface area contributed by atoms with E-state index in [2.05, 4.69) is 29.6 Å². The third-order valence-corrected chi connectivity index (χ3v) is 4.68. The van der Waals surface area contributed by atoms with Gasteiger partial charge in [0.05, 0.1) is 6.61 Å². The number of hydrogen-bond donors (Lipinski definition) is 1. The summed E-state index contributed by atoms with van der Waals surface area (Å²) in [7, 11) is 1.82. The highest BCUT2D eigenvalue weighted by molar-refractivity contribution is 5.33. The third-order valence-electron chi connectivity index (χ3n) is 4.68. The maximum Gasteiger partial charge on any atom is 0.0530 e. The number of rotatable bonds is 5. The molecule has 2 heteroatoms. The maximum atomic E-state index is 5.39. The Morgan fingerprint density at radius 2 is 1.89 bits per heavy atom. The molecule has 0 heterocycles. The molecule has 0 bridgehead atoms. The number of benzene rings is 1. The number of methoxy groups -OCH3 is 1. The molecule has 2 nitrogen and oxygen atoms in total. The molecule has 1 N–H and O–H groups in total. The number of fused-ring (bicyclic) bond motifs is 1. The van der Waals surface area contributed by atoms with Crippen molar-refractivity contribution in [3.63, 3.8) is 0 Å². The zero-order valence-corrected chi connectivity index (χ0v) is 11.2. The summed E-state index contributed by atoms with van der Waals surface area (Å²) in [5.74, 6) is 0. The quantitative estimate of drug-likeness (QED) is 0.861. The molecule has 0 unspecified atom stereocenters. The van der Waals surface area contributed by atoms with E-state index in [-0.39, 0.29) is 0 Å². The van der Waals surface area contributed by atoms with E-state index in [1.165, 1.54) is 43.2 Å².